The lowest BCUT2D eigenvalue weighted by atomic mass is 9.92. The van der Waals surface area contributed by atoms with E-state index in [-0.39, 0.29) is 18.1 Å². The number of carbonyl (C=O) groups is 1. The van der Waals surface area contributed by atoms with Crippen LogP contribution in [0.1, 0.15) is 36.0 Å². The van der Waals surface area contributed by atoms with Gasteiger partial charge in [0.2, 0.25) is 5.88 Å². The van der Waals surface area contributed by atoms with Gasteiger partial charge in [0, 0.05) is 24.4 Å². The summed E-state index contributed by atoms with van der Waals surface area (Å²) >= 11 is 5.80. The van der Waals surface area contributed by atoms with Crippen LogP contribution >= 0.6 is 11.6 Å². The molecular weight excluding hydrogens is 330 g/mol. The number of hydrogen-bond donors (Lipinski definition) is 1. The molecule has 0 unspecified atom stereocenters. The topological polar surface area (TPSA) is 78.2 Å². The van der Waals surface area contributed by atoms with Crippen LogP contribution in [-0.4, -0.2) is 23.0 Å². The molecule has 1 N–H and O–H groups in total. The van der Waals surface area contributed by atoms with Gasteiger partial charge < -0.3 is 15.3 Å². The summed E-state index contributed by atoms with van der Waals surface area (Å²) in [7, 11) is 0. The molecule has 3 rings (SSSR count). The number of amides is 1. The van der Waals surface area contributed by atoms with Crippen LogP contribution < -0.4 is 14.8 Å². The summed E-state index contributed by atoms with van der Waals surface area (Å²) in [5.41, 5.74) is 0.372. The minimum atomic E-state index is -0.219. The van der Waals surface area contributed by atoms with Crippen molar-refractivity contribution in [3.8, 4) is 5.88 Å². The Bertz CT molecular complexity index is 700. The van der Waals surface area contributed by atoms with Crippen LogP contribution in [0.4, 0.5) is 0 Å². The molecule has 1 amide bonds. The van der Waals surface area contributed by atoms with Crippen LogP contribution in [0.25, 0.3) is 0 Å². The van der Waals surface area contributed by atoms with Gasteiger partial charge in [0.1, 0.15) is 11.7 Å². The maximum atomic E-state index is 12.2. The van der Waals surface area contributed by atoms with E-state index < -0.39 is 0 Å². The maximum absolute atomic E-state index is 12.2. The van der Waals surface area contributed by atoms with E-state index in [1.165, 1.54) is 12.4 Å². The number of hydrogen-bond acceptors (Lipinski definition) is 4. The molecule has 7 heteroatoms. The van der Waals surface area contributed by atoms with Gasteiger partial charge in [-0.25, -0.2) is 4.98 Å². The minimum Gasteiger partial charge on any atom is -0.619 e. The van der Waals surface area contributed by atoms with E-state index in [1.807, 2.05) is 0 Å². The Labute approximate surface area is 145 Å². The van der Waals surface area contributed by atoms with E-state index in [0.29, 0.717) is 21.2 Å². The van der Waals surface area contributed by atoms with Crippen molar-refractivity contribution in [2.75, 3.05) is 0 Å². The van der Waals surface area contributed by atoms with Crippen molar-refractivity contribution in [2.45, 2.75) is 37.8 Å². The number of pyridine rings is 2. The van der Waals surface area contributed by atoms with Crippen LogP contribution in [0.15, 0.2) is 42.9 Å². The van der Waals surface area contributed by atoms with Crippen molar-refractivity contribution in [2.24, 2.45) is 0 Å². The highest BCUT2D eigenvalue weighted by Gasteiger charge is 2.24. The molecule has 0 spiro atoms. The molecule has 0 atom stereocenters. The summed E-state index contributed by atoms with van der Waals surface area (Å²) < 4.78 is 6.46. The number of aromatic nitrogens is 2. The van der Waals surface area contributed by atoms with Crippen molar-refractivity contribution in [1.82, 2.24) is 10.3 Å². The number of nitrogens with one attached hydrogen (secondary N) is 1. The second-order valence-electron chi connectivity index (χ2n) is 5.83. The van der Waals surface area contributed by atoms with E-state index in [9.17, 15) is 10.0 Å². The molecule has 126 valence electrons. The smallest absolute Gasteiger partial charge is 0.257 e. The van der Waals surface area contributed by atoms with Crippen LogP contribution in [-0.2, 0) is 0 Å². The first-order valence-corrected chi connectivity index (χ1v) is 8.26. The zero-order valence-electron chi connectivity index (χ0n) is 13.0. The van der Waals surface area contributed by atoms with Crippen molar-refractivity contribution < 1.29 is 14.3 Å². The predicted molar refractivity (Wildman–Crippen MR) is 88.8 cm³/mol. The van der Waals surface area contributed by atoms with Crippen LogP contribution in [0.3, 0.4) is 0 Å². The summed E-state index contributed by atoms with van der Waals surface area (Å²) in [4.78, 5) is 16.3. The zero-order chi connectivity index (χ0) is 16.9. The third-order valence-electron chi connectivity index (χ3n) is 4.03. The first kappa shape index (κ1) is 16.5. The van der Waals surface area contributed by atoms with Gasteiger partial charge in [-0.05, 0) is 37.8 Å². The fourth-order valence-electron chi connectivity index (χ4n) is 2.79. The van der Waals surface area contributed by atoms with Crippen LogP contribution in [0.5, 0.6) is 5.88 Å². The SMILES string of the molecule is O=C(NC1CCC(Oc2ccc(Cl)cn2)CC1)c1ccc[n+]([O-])c1. The zero-order valence-corrected chi connectivity index (χ0v) is 13.8. The third-order valence-corrected chi connectivity index (χ3v) is 4.26. The van der Waals surface area contributed by atoms with E-state index in [2.05, 4.69) is 10.3 Å². The lowest BCUT2D eigenvalue weighted by Crippen LogP contribution is -2.40. The summed E-state index contributed by atoms with van der Waals surface area (Å²) in [6.07, 6.45) is 7.61. The molecule has 0 saturated heterocycles. The summed E-state index contributed by atoms with van der Waals surface area (Å²) in [5, 5.41) is 14.8. The second kappa shape index (κ2) is 7.49. The van der Waals surface area contributed by atoms with E-state index in [0.717, 1.165) is 25.7 Å². The molecule has 0 bridgehead atoms. The molecule has 6 nitrogen and oxygen atoms in total. The van der Waals surface area contributed by atoms with E-state index in [4.69, 9.17) is 16.3 Å². The Morgan fingerprint density at radius 2 is 2.08 bits per heavy atom. The summed E-state index contributed by atoms with van der Waals surface area (Å²) in [6.45, 7) is 0. The maximum Gasteiger partial charge on any atom is 0.257 e. The quantitative estimate of drug-likeness (QED) is 0.680. The minimum absolute atomic E-state index is 0.0901. The van der Waals surface area contributed by atoms with Gasteiger partial charge in [-0.2, -0.15) is 4.73 Å². The normalized spacial score (nSPS) is 20.4. The fraction of sp³-hybridized carbons (Fsp3) is 0.353. The molecule has 2 aromatic heterocycles. The average molecular weight is 348 g/mol. The standard InChI is InChI=1S/C17H18ClN3O3/c18-13-3-8-16(19-10-13)24-15-6-4-14(5-7-15)20-17(22)12-2-1-9-21(23)11-12/h1-3,8-11,14-15H,4-7H2,(H,20,22). The average Bonchev–Trinajstić information content (AvgIpc) is 2.59. The Morgan fingerprint density at radius 1 is 1.29 bits per heavy atom. The molecule has 1 saturated carbocycles. The molecule has 0 radical (unpaired) electrons. The van der Waals surface area contributed by atoms with Crippen LogP contribution in [0.2, 0.25) is 5.02 Å². The molecule has 24 heavy (non-hydrogen) atoms. The van der Waals surface area contributed by atoms with E-state index >= 15 is 0 Å². The molecule has 2 heterocycles. The monoisotopic (exact) mass is 347 g/mol. The number of rotatable bonds is 4. The van der Waals surface area contributed by atoms with Gasteiger partial charge in [-0.3, -0.25) is 4.79 Å². The van der Waals surface area contributed by atoms with E-state index in [1.54, 1.807) is 30.5 Å². The number of nitrogens with zero attached hydrogens (tertiary/aromatic N) is 2. The third kappa shape index (κ3) is 4.35. The van der Waals surface area contributed by atoms with Crippen LogP contribution in [0, 0.1) is 5.21 Å². The van der Waals surface area contributed by atoms with Crippen molar-refractivity contribution in [3.05, 3.63) is 58.6 Å². The lowest BCUT2D eigenvalue weighted by molar-refractivity contribution is -0.605. The highest BCUT2D eigenvalue weighted by molar-refractivity contribution is 6.30. The van der Waals surface area contributed by atoms with Gasteiger partial charge in [0.15, 0.2) is 12.4 Å². The molecule has 0 aromatic carbocycles. The first-order chi connectivity index (χ1) is 11.6. The van der Waals surface area contributed by atoms with Crippen molar-refractivity contribution in [3.63, 3.8) is 0 Å². The molecule has 1 aliphatic carbocycles. The van der Waals surface area contributed by atoms with Gasteiger partial charge in [-0.15, -0.1) is 0 Å². The largest absolute Gasteiger partial charge is 0.619 e. The lowest BCUT2D eigenvalue weighted by Gasteiger charge is -2.29. The molecular formula is C17H18ClN3O3. The number of ether oxygens (including phenoxy) is 1. The van der Waals surface area contributed by atoms with Gasteiger partial charge in [-0.1, -0.05) is 11.6 Å². The summed E-state index contributed by atoms with van der Waals surface area (Å²) in [6, 6.07) is 6.79. The Balaban J connectivity index is 1.48. The molecule has 1 aliphatic rings. The number of carbonyl (C=O) groups excluding carboxylic acids is 1. The van der Waals surface area contributed by atoms with Gasteiger partial charge in [0.25, 0.3) is 5.91 Å². The molecule has 2 aromatic rings. The first-order valence-electron chi connectivity index (χ1n) is 7.88. The highest BCUT2D eigenvalue weighted by atomic mass is 35.5. The van der Waals surface area contributed by atoms with Crippen molar-refractivity contribution >= 4 is 17.5 Å². The predicted octanol–water partition coefficient (Wildman–Crippen LogP) is 2.49. The summed E-state index contributed by atoms with van der Waals surface area (Å²) in [5.74, 6) is 0.347. The molecule has 1 fully saturated rings. The van der Waals surface area contributed by atoms with Crippen molar-refractivity contribution in [1.29, 1.82) is 0 Å². The highest BCUT2D eigenvalue weighted by Crippen LogP contribution is 2.23. The number of halogens is 1. The Kier molecular flexibility index (Phi) is 5.15. The Hall–Kier alpha value is -2.34. The van der Waals surface area contributed by atoms with Gasteiger partial charge >= 0.3 is 0 Å². The fourth-order valence-corrected chi connectivity index (χ4v) is 2.90. The van der Waals surface area contributed by atoms with Gasteiger partial charge in [0.05, 0.1) is 5.02 Å². The second-order valence-corrected chi connectivity index (χ2v) is 6.27. The Morgan fingerprint density at radius 3 is 2.75 bits per heavy atom. The molecule has 0 aliphatic heterocycles.